The van der Waals surface area contributed by atoms with Gasteiger partial charge < -0.3 is 14.8 Å². The lowest BCUT2D eigenvalue weighted by atomic mass is 9.82. The first-order chi connectivity index (χ1) is 10.8. The highest BCUT2D eigenvalue weighted by atomic mass is 32.1. The number of nitrogens with one attached hydrogen (secondary N) is 1. The van der Waals surface area contributed by atoms with Crippen LogP contribution in [-0.2, 0) is 20.8 Å². The van der Waals surface area contributed by atoms with Crippen LogP contribution < -0.4 is 5.32 Å². The maximum atomic E-state index is 12.5. The molecular weight excluding hydrogens is 300 g/mol. The van der Waals surface area contributed by atoms with Crippen LogP contribution in [0.25, 0.3) is 0 Å². The summed E-state index contributed by atoms with van der Waals surface area (Å²) < 4.78 is 10.9. The monoisotopic (exact) mass is 324 g/mol. The van der Waals surface area contributed by atoms with Gasteiger partial charge in [-0.1, -0.05) is 0 Å². The van der Waals surface area contributed by atoms with Gasteiger partial charge in [-0.25, -0.2) is 0 Å². The molecule has 0 aliphatic carbocycles. The van der Waals surface area contributed by atoms with Gasteiger partial charge in [0, 0.05) is 45.8 Å². The summed E-state index contributed by atoms with van der Waals surface area (Å²) in [5, 5.41) is 7.28. The highest BCUT2D eigenvalue weighted by Gasteiger charge is 2.43. The first-order valence-corrected chi connectivity index (χ1v) is 8.84. The number of nitrogens with zero attached hydrogens (tertiary/aromatic N) is 1. The molecule has 1 amide bonds. The molecule has 0 saturated carbocycles. The standard InChI is InChI=1S/C16H24N2O3S/c1-20-6-4-17-16(19)14-9-18(8-12-3-7-22-11-12)10-15-13(14)2-5-21-15/h3,7,11,13-15H,2,4-6,8-10H2,1H3,(H,17,19)/t13-,14+,15+/m0/s1. The molecule has 0 radical (unpaired) electrons. The van der Waals surface area contributed by atoms with E-state index in [1.54, 1.807) is 18.4 Å². The van der Waals surface area contributed by atoms with Crippen molar-refractivity contribution >= 4 is 17.2 Å². The fraction of sp³-hybridized carbons (Fsp3) is 0.688. The lowest BCUT2D eigenvalue weighted by Gasteiger charge is -2.39. The van der Waals surface area contributed by atoms with Crippen LogP contribution in [-0.4, -0.2) is 56.9 Å². The molecule has 6 heteroatoms. The summed E-state index contributed by atoms with van der Waals surface area (Å²) in [4.78, 5) is 14.9. The van der Waals surface area contributed by atoms with Gasteiger partial charge in [0.25, 0.3) is 0 Å². The molecule has 0 spiro atoms. The van der Waals surface area contributed by atoms with Crippen molar-refractivity contribution in [3.63, 3.8) is 0 Å². The van der Waals surface area contributed by atoms with Crippen LogP contribution in [0.3, 0.4) is 0 Å². The second-order valence-electron chi connectivity index (χ2n) is 6.08. The van der Waals surface area contributed by atoms with Gasteiger partial charge >= 0.3 is 0 Å². The Morgan fingerprint density at radius 2 is 2.45 bits per heavy atom. The lowest BCUT2D eigenvalue weighted by Crippen LogP contribution is -2.52. The quantitative estimate of drug-likeness (QED) is 0.803. The van der Waals surface area contributed by atoms with E-state index >= 15 is 0 Å². The van der Waals surface area contributed by atoms with Crippen molar-refractivity contribution in [1.82, 2.24) is 10.2 Å². The summed E-state index contributed by atoms with van der Waals surface area (Å²) in [7, 11) is 1.65. The number of thiophene rings is 1. The van der Waals surface area contributed by atoms with Crippen LogP contribution in [0.5, 0.6) is 0 Å². The first kappa shape index (κ1) is 15.9. The van der Waals surface area contributed by atoms with Gasteiger partial charge in [-0.05, 0) is 28.8 Å². The topological polar surface area (TPSA) is 50.8 Å². The maximum absolute atomic E-state index is 12.5. The third kappa shape index (κ3) is 3.68. The van der Waals surface area contributed by atoms with E-state index in [2.05, 4.69) is 27.0 Å². The smallest absolute Gasteiger partial charge is 0.224 e. The number of amides is 1. The Morgan fingerprint density at radius 3 is 3.23 bits per heavy atom. The maximum Gasteiger partial charge on any atom is 0.224 e. The number of likely N-dealkylation sites (tertiary alicyclic amines) is 1. The van der Waals surface area contributed by atoms with E-state index in [1.165, 1.54) is 5.56 Å². The summed E-state index contributed by atoms with van der Waals surface area (Å²) in [5.74, 6) is 0.533. The molecule has 3 rings (SSSR count). The van der Waals surface area contributed by atoms with E-state index in [9.17, 15) is 4.79 Å². The average molecular weight is 324 g/mol. The van der Waals surface area contributed by atoms with Crippen LogP contribution in [0.1, 0.15) is 12.0 Å². The molecule has 0 aromatic carbocycles. The number of carbonyl (C=O) groups is 1. The number of methoxy groups -OCH3 is 1. The normalized spacial score (nSPS) is 28.5. The summed E-state index contributed by atoms with van der Waals surface area (Å²) in [6.45, 7) is 4.57. The van der Waals surface area contributed by atoms with Gasteiger partial charge in [-0.2, -0.15) is 11.3 Å². The van der Waals surface area contributed by atoms with E-state index < -0.39 is 0 Å². The first-order valence-electron chi connectivity index (χ1n) is 7.89. The molecule has 2 aliphatic rings. The van der Waals surface area contributed by atoms with E-state index in [-0.39, 0.29) is 17.9 Å². The Labute approximate surface area is 135 Å². The summed E-state index contributed by atoms with van der Waals surface area (Å²) in [6.07, 6.45) is 1.20. The predicted octanol–water partition coefficient (Wildman–Crippen LogP) is 1.35. The van der Waals surface area contributed by atoms with Crippen LogP contribution >= 0.6 is 11.3 Å². The molecule has 3 atom stereocenters. The number of hydrogen-bond donors (Lipinski definition) is 1. The van der Waals surface area contributed by atoms with Gasteiger partial charge in [0.2, 0.25) is 5.91 Å². The highest BCUT2D eigenvalue weighted by molar-refractivity contribution is 7.07. The fourth-order valence-electron chi connectivity index (χ4n) is 3.51. The zero-order chi connectivity index (χ0) is 15.4. The predicted molar refractivity (Wildman–Crippen MR) is 85.8 cm³/mol. The fourth-order valence-corrected chi connectivity index (χ4v) is 4.17. The zero-order valence-corrected chi connectivity index (χ0v) is 13.8. The molecule has 22 heavy (non-hydrogen) atoms. The highest BCUT2D eigenvalue weighted by Crippen LogP contribution is 2.34. The largest absolute Gasteiger partial charge is 0.383 e. The van der Waals surface area contributed by atoms with Gasteiger partial charge in [0.15, 0.2) is 0 Å². The number of fused-ring (bicyclic) bond motifs is 1. The number of ether oxygens (including phenoxy) is 2. The average Bonchev–Trinajstić information content (AvgIpc) is 3.17. The van der Waals surface area contributed by atoms with E-state index in [4.69, 9.17) is 9.47 Å². The number of rotatable bonds is 6. The molecule has 2 aliphatic heterocycles. The zero-order valence-electron chi connectivity index (χ0n) is 13.0. The molecule has 122 valence electrons. The summed E-state index contributed by atoms with van der Waals surface area (Å²) >= 11 is 1.72. The Bertz CT molecular complexity index is 480. The van der Waals surface area contributed by atoms with Crippen molar-refractivity contribution in [2.75, 3.05) is 40.0 Å². The molecule has 2 fully saturated rings. The number of hydrogen-bond acceptors (Lipinski definition) is 5. The van der Waals surface area contributed by atoms with E-state index in [1.807, 2.05) is 0 Å². The summed E-state index contributed by atoms with van der Waals surface area (Å²) in [5.41, 5.74) is 1.32. The molecule has 0 unspecified atom stereocenters. The summed E-state index contributed by atoms with van der Waals surface area (Å²) in [6, 6.07) is 2.15. The van der Waals surface area contributed by atoms with Crippen molar-refractivity contribution < 1.29 is 14.3 Å². The molecule has 3 heterocycles. The second kappa shape index (κ2) is 7.55. The SMILES string of the molecule is COCCNC(=O)[C@@H]1CN(Cc2ccsc2)C[C@H]2OCC[C@H]21. The van der Waals surface area contributed by atoms with Gasteiger partial charge in [0.1, 0.15) is 0 Å². The Morgan fingerprint density at radius 1 is 1.55 bits per heavy atom. The third-order valence-electron chi connectivity index (χ3n) is 4.60. The Balaban J connectivity index is 1.63. The van der Waals surface area contributed by atoms with Gasteiger partial charge in [-0.15, -0.1) is 0 Å². The van der Waals surface area contributed by atoms with Crippen LogP contribution in [0, 0.1) is 11.8 Å². The van der Waals surface area contributed by atoms with Gasteiger partial charge in [0.05, 0.1) is 18.6 Å². The number of piperidine rings is 1. The van der Waals surface area contributed by atoms with Gasteiger partial charge in [-0.3, -0.25) is 9.69 Å². The number of carbonyl (C=O) groups excluding carboxylic acids is 1. The molecular formula is C16H24N2O3S. The third-order valence-corrected chi connectivity index (χ3v) is 5.33. The van der Waals surface area contributed by atoms with Crippen molar-refractivity contribution in [1.29, 1.82) is 0 Å². The molecule has 5 nitrogen and oxygen atoms in total. The van der Waals surface area contributed by atoms with Crippen molar-refractivity contribution in [3.8, 4) is 0 Å². The van der Waals surface area contributed by atoms with E-state index in [0.29, 0.717) is 19.1 Å². The van der Waals surface area contributed by atoms with Crippen molar-refractivity contribution in [3.05, 3.63) is 22.4 Å². The molecule has 2 saturated heterocycles. The van der Waals surface area contributed by atoms with Crippen LogP contribution in [0.2, 0.25) is 0 Å². The van der Waals surface area contributed by atoms with Crippen LogP contribution in [0.4, 0.5) is 0 Å². The van der Waals surface area contributed by atoms with Crippen molar-refractivity contribution in [2.45, 2.75) is 19.1 Å². The minimum absolute atomic E-state index is 0.0248. The minimum atomic E-state index is 0.0248. The van der Waals surface area contributed by atoms with E-state index in [0.717, 1.165) is 32.7 Å². The molecule has 1 aromatic rings. The minimum Gasteiger partial charge on any atom is -0.383 e. The molecule has 1 aromatic heterocycles. The van der Waals surface area contributed by atoms with Crippen LogP contribution in [0.15, 0.2) is 16.8 Å². The second-order valence-corrected chi connectivity index (χ2v) is 6.86. The molecule has 1 N–H and O–H groups in total. The molecule has 0 bridgehead atoms. The Kier molecular flexibility index (Phi) is 5.46. The Hall–Kier alpha value is -0.950. The lowest BCUT2D eigenvalue weighted by molar-refractivity contribution is -0.131. The van der Waals surface area contributed by atoms with Crippen molar-refractivity contribution in [2.24, 2.45) is 11.8 Å².